The van der Waals surface area contributed by atoms with E-state index in [-0.39, 0.29) is 24.4 Å². The lowest BCUT2D eigenvalue weighted by atomic mass is 10.1. The minimum Gasteiger partial charge on any atom is -0.343 e. The van der Waals surface area contributed by atoms with Gasteiger partial charge >= 0.3 is 0 Å². The molecule has 1 N–H and O–H groups in total. The van der Waals surface area contributed by atoms with E-state index in [4.69, 9.17) is 0 Å². The first kappa shape index (κ1) is 12.6. The Balaban J connectivity index is 1.93. The average molecular weight is 250 g/mol. The number of aromatic nitrogens is 2. The summed E-state index contributed by atoms with van der Waals surface area (Å²) in [6.07, 6.45) is 5.12. The van der Waals surface area contributed by atoms with Crippen molar-refractivity contribution in [3.8, 4) is 0 Å². The smallest absolute Gasteiger partial charge is 0.245 e. The minimum absolute atomic E-state index is 0.0172. The van der Waals surface area contributed by atoms with Gasteiger partial charge < -0.3 is 10.2 Å². The van der Waals surface area contributed by atoms with Crippen LogP contribution in [0.2, 0.25) is 0 Å². The molecule has 0 aliphatic carbocycles. The van der Waals surface area contributed by atoms with Gasteiger partial charge in [-0.15, -0.1) is 0 Å². The lowest BCUT2D eigenvalue weighted by Crippen LogP contribution is -2.58. The van der Waals surface area contributed by atoms with Crippen LogP contribution in [0.3, 0.4) is 0 Å². The van der Waals surface area contributed by atoms with E-state index in [1.165, 1.54) is 0 Å². The molecule has 0 aromatic carbocycles. The van der Waals surface area contributed by atoms with Crippen molar-refractivity contribution in [1.29, 1.82) is 0 Å². The normalized spacial score (nSPS) is 20.1. The van der Waals surface area contributed by atoms with Crippen LogP contribution in [0.15, 0.2) is 18.5 Å². The van der Waals surface area contributed by atoms with Crippen molar-refractivity contribution < 1.29 is 9.59 Å². The lowest BCUT2D eigenvalue weighted by Gasteiger charge is -2.32. The molecule has 0 spiro atoms. The zero-order valence-corrected chi connectivity index (χ0v) is 10.5. The number of hydrogen-bond donors (Lipinski definition) is 1. The molecule has 1 unspecified atom stereocenters. The molecule has 2 heterocycles. The summed E-state index contributed by atoms with van der Waals surface area (Å²) in [6, 6.07) is 1.49. The van der Waals surface area contributed by atoms with Gasteiger partial charge in [0.2, 0.25) is 11.8 Å². The molecule has 0 radical (unpaired) electrons. The van der Waals surface area contributed by atoms with Gasteiger partial charge in [-0.3, -0.25) is 14.3 Å². The Kier molecular flexibility index (Phi) is 3.96. The third-order valence-corrected chi connectivity index (χ3v) is 3.02. The third-order valence-electron chi connectivity index (χ3n) is 3.02. The number of piperazine rings is 1. The topological polar surface area (TPSA) is 67.2 Å². The van der Waals surface area contributed by atoms with Gasteiger partial charge in [0.25, 0.3) is 0 Å². The number of nitrogens with one attached hydrogen (secondary N) is 1. The summed E-state index contributed by atoms with van der Waals surface area (Å²) < 4.78 is 1.76. The first-order chi connectivity index (χ1) is 8.70. The van der Waals surface area contributed by atoms with Crippen molar-refractivity contribution >= 4 is 11.8 Å². The largest absolute Gasteiger partial charge is 0.343 e. The van der Waals surface area contributed by atoms with Gasteiger partial charge in [-0.1, -0.05) is 13.3 Å². The van der Waals surface area contributed by atoms with E-state index in [1.54, 1.807) is 15.8 Å². The molecule has 1 aliphatic rings. The van der Waals surface area contributed by atoms with Crippen LogP contribution in [-0.2, 0) is 16.1 Å². The predicted molar refractivity (Wildman–Crippen MR) is 65.6 cm³/mol. The molecule has 6 heteroatoms. The molecule has 1 aliphatic heterocycles. The quantitative estimate of drug-likeness (QED) is 0.800. The second kappa shape index (κ2) is 5.66. The molecule has 18 heavy (non-hydrogen) atoms. The van der Waals surface area contributed by atoms with E-state index >= 15 is 0 Å². The van der Waals surface area contributed by atoms with Crippen LogP contribution in [0.25, 0.3) is 0 Å². The van der Waals surface area contributed by atoms with Gasteiger partial charge in [-0.05, 0) is 12.5 Å². The van der Waals surface area contributed by atoms with Gasteiger partial charge in [0.05, 0.1) is 13.1 Å². The van der Waals surface area contributed by atoms with Crippen LogP contribution in [0.1, 0.15) is 19.8 Å². The van der Waals surface area contributed by atoms with Crippen LogP contribution in [-0.4, -0.2) is 45.6 Å². The fourth-order valence-corrected chi connectivity index (χ4v) is 2.10. The van der Waals surface area contributed by atoms with Gasteiger partial charge in [-0.2, -0.15) is 5.10 Å². The van der Waals surface area contributed by atoms with E-state index in [1.807, 2.05) is 19.2 Å². The van der Waals surface area contributed by atoms with Gasteiger partial charge in [-0.25, -0.2) is 0 Å². The minimum atomic E-state index is -0.353. The predicted octanol–water partition coefficient (Wildman–Crippen LogP) is 0.0102. The number of rotatable bonds is 5. The second-order valence-electron chi connectivity index (χ2n) is 4.44. The van der Waals surface area contributed by atoms with Crippen molar-refractivity contribution in [2.24, 2.45) is 0 Å². The standard InChI is InChI=1S/C12H18N4O2/c1-2-4-10-12(18)15(9-11(17)14-10)7-8-16-6-3-5-13-16/h3,5-6,10H,2,4,7-9H2,1H3,(H,14,17). The first-order valence-corrected chi connectivity index (χ1v) is 6.26. The SMILES string of the molecule is CCCC1NC(=O)CN(CCn2cccn2)C1=O. The maximum absolute atomic E-state index is 12.1. The zero-order chi connectivity index (χ0) is 13.0. The Morgan fingerprint density at radius 1 is 1.44 bits per heavy atom. The van der Waals surface area contributed by atoms with Crippen LogP contribution in [0.5, 0.6) is 0 Å². The molecule has 1 saturated heterocycles. The highest BCUT2D eigenvalue weighted by atomic mass is 16.2. The Hall–Kier alpha value is -1.85. The molecule has 1 aromatic rings. The van der Waals surface area contributed by atoms with E-state index < -0.39 is 0 Å². The number of carbonyl (C=O) groups excluding carboxylic acids is 2. The third kappa shape index (κ3) is 2.88. The lowest BCUT2D eigenvalue weighted by molar-refractivity contribution is -0.144. The van der Waals surface area contributed by atoms with Crippen LogP contribution in [0, 0.1) is 0 Å². The summed E-state index contributed by atoms with van der Waals surface area (Å²) in [6.45, 7) is 3.29. The van der Waals surface area contributed by atoms with Crippen molar-refractivity contribution in [3.63, 3.8) is 0 Å². The molecular weight excluding hydrogens is 232 g/mol. The van der Waals surface area contributed by atoms with Crippen molar-refractivity contribution in [2.75, 3.05) is 13.1 Å². The van der Waals surface area contributed by atoms with Crippen LogP contribution in [0.4, 0.5) is 0 Å². The summed E-state index contributed by atoms with van der Waals surface area (Å²) in [7, 11) is 0. The highest BCUT2D eigenvalue weighted by Crippen LogP contribution is 2.07. The Labute approximate surface area is 106 Å². The van der Waals surface area contributed by atoms with Crippen molar-refractivity contribution in [1.82, 2.24) is 20.0 Å². The van der Waals surface area contributed by atoms with E-state index in [9.17, 15) is 9.59 Å². The molecule has 0 saturated carbocycles. The highest BCUT2D eigenvalue weighted by Gasteiger charge is 2.31. The monoisotopic (exact) mass is 250 g/mol. The van der Waals surface area contributed by atoms with E-state index in [2.05, 4.69) is 10.4 Å². The summed E-state index contributed by atoms with van der Waals surface area (Å²) >= 11 is 0. The molecule has 98 valence electrons. The molecule has 0 bridgehead atoms. The number of hydrogen-bond acceptors (Lipinski definition) is 3. The molecule has 2 amide bonds. The average Bonchev–Trinajstić information content (AvgIpc) is 2.85. The van der Waals surface area contributed by atoms with Gasteiger partial charge in [0.15, 0.2) is 0 Å². The van der Waals surface area contributed by atoms with Crippen molar-refractivity contribution in [2.45, 2.75) is 32.4 Å². The van der Waals surface area contributed by atoms with E-state index in [0.717, 1.165) is 6.42 Å². The summed E-state index contributed by atoms with van der Waals surface area (Å²) in [5.41, 5.74) is 0. The summed E-state index contributed by atoms with van der Waals surface area (Å²) in [4.78, 5) is 25.3. The summed E-state index contributed by atoms with van der Waals surface area (Å²) in [5.74, 6) is -0.0582. The molecule has 2 rings (SSSR count). The van der Waals surface area contributed by atoms with Crippen LogP contribution < -0.4 is 5.32 Å². The first-order valence-electron chi connectivity index (χ1n) is 6.26. The molecule has 1 atom stereocenters. The zero-order valence-electron chi connectivity index (χ0n) is 10.5. The van der Waals surface area contributed by atoms with E-state index in [0.29, 0.717) is 19.5 Å². The van der Waals surface area contributed by atoms with Crippen LogP contribution >= 0.6 is 0 Å². The second-order valence-corrected chi connectivity index (χ2v) is 4.44. The van der Waals surface area contributed by atoms with Gasteiger partial charge in [0, 0.05) is 18.9 Å². The van der Waals surface area contributed by atoms with Crippen molar-refractivity contribution in [3.05, 3.63) is 18.5 Å². The maximum Gasteiger partial charge on any atom is 0.245 e. The number of carbonyl (C=O) groups is 2. The Bertz CT molecular complexity index is 416. The molecule has 1 aromatic heterocycles. The molecular formula is C12H18N4O2. The maximum atomic E-state index is 12.1. The fourth-order valence-electron chi connectivity index (χ4n) is 2.10. The fraction of sp³-hybridized carbons (Fsp3) is 0.583. The summed E-state index contributed by atoms with van der Waals surface area (Å²) in [5, 5.41) is 6.82. The molecule has 1 fully saturated rings. The molecule has 6 nitrogen and oxygen atoms in total. The Morgan fingerprint density at radius 3 is 2.94 bits per heavy atom. The number of amides is 2. The Morgan fingerprint density at radius 2 is 2.28 bits per heavy atom. The number of nitrogens with zero attached hydrogens (tertiary/aromatic N) is 3. The van der Waals surface area contributed by atoms with Gasteiger partial charge in [0.1, 0.15) is 6.04 Å². The highest BCUT2D eigenvalue weighted by molar-refractivity contribution is 5.94.